The number of carboxylic acids is 2. The molecule has 0 aromatic heterocycles. The van der Waals surface area contributed by atoms with Crippen molar-refractivity contribution in [3.8, 4) is 11.1 Å². The highest BCUT2D eigenvalue weighted by atomic mass is 19.4. The van der Waals surface area contributed by atoms with Crippen LogP contribution in [0.4, 0.5) is 30.7 Å². The van der Waals surface area contributed by atoms with E-state index in [-0.39, 0.29) is 11.7 Å². The molecule has 0 unspecified atom stereocenters. The zero-order valence-electron chi connectivity index (χ0n) is 29.2. The van der Waals surface area contributed by atoms with Gasteiger partial charge in [0.05, 0.1) is 20.1 Å². The predicted molar refractivity (Wildman–Crippen MR) is 178 cm³/mol. The van der Waals surface area contributed by atoms with Gasteiger partial charge in [-0.15, -0.1) is 0 Å². The second kappa shape index (κ2) is 19.3. The molecule has 4 rings (SSSR count). The number of aliphatic carboxylic acids is 2. The van der Waals surface area contributed by atoms with Crippen LogP contribution in [-0.4, -0.2) is 90.5 Å². The molecule has 1 saturated heterocycles. The van der Waals surface area contributed by atoms with Crippen molar-refractivity contribution in [3.63, 3.8) is 0 Å². The van der Waals surface area contributed by atoms with Gasteiger partial charge < -0.3 is 30.1 Å². The maximum atomic E-state index is 14.9. The fourth-order valence-corrected chi connectivity index (χ4v) is 5.14. The van der Waals surface area contributed by atoms with Crippen molar-refractivity contribution in [2.75, 3.05) is 39.8 Å². The number of amides is 1. The van der Waals surface area contributed by atoms with Crippen LogP contribution in [0.2, 0.25) is 0 Å². The van der Waals surface area contributed by atoms with Crippen molar-refractivity contribution < 1.29 is 59.8 Å². The van der Waals surface area contributed by atoms with Crippen molar-refractivity contribution in [2.24, 2.45) is 0 Å². The molecule has 3 aromatic rings. The Bertz CT molecular complexity index is 1620. The summed E-state index contributed by atoms with van der Waals surface area (Å²) in [4.78, 5) is 33.1. The molecule has 3 N–H and O–H groups in total. The molecule has 0 saturated carbocycles. The number of carbonyl (C=O) groups is 3. The van der Waals surface area contributed by atoms with Crippen LogP contribution >= 0.6 is 0 Å². The number of rotatable bonds is 10. The number of benzene rings is 3. The van der Waals surface area contributed by atoms with Gasteiger partial charge >= 0.3 is 18.3 Å². The minimum absolute atomic E-state index is 0.118. The minimum Gasteiger partial charge on any atom is -0.542 e. The standard InChI is InChI=1S/C32H41FN4O.2C2HF3O2/c1-5-37(4,6-2)23-27-10-8-12-29(18-27)32(38)35-20-25-13-14-31(33)30(19-25)28-11-7-9-26(17-28)22-36-16-15-34-24(3)21-36;2*3-2(4,5)1(6)7/h7-14,17-19,24,34H,5-6,15-16,20-23H2,1-4H3;2*(H,6,7)/t24-;;/m0../s1. The number of hydrogen-bond acceptors (Lipinski definition) is 6. The van der Waals surface area contributed by atoms with E-state index in [1.54, 1.807) is 6.07 Å². The first-order chi connectivity index (χ1) is 24.2. The van der Waals surface area contributed by atoms with E-state index in [1.807, 2.05) is 36.4 Å². The number of carbonyl (C=O) groups excluding carboxylic acids is 2. The fourth-order valence-electron chi connectivity index (χ4n) is 5.14. The van der Waals surface area contributed by atoms with Gasteiger partial charge in [0.1, 0.15) is 18.3 Å². The van der Waals surface area contributed by atoms with Crippen molar-refractivity contribution in [1.82, 2.24) is 15.5 Å². The Morgan fingerprint density at radius 2 is 1.52 bits per heavy atom. The maximum absolute atomic E-state index is 14.9. The zero-order chi connectivity index (χ0) is 39.3. The number of nitrogens with zero attached hydrogens (tertiary/aromatic N) is 2. The third kappa shape index (κ3) is 14.6. The Morgan fingerprint density at radius 1 is 0.923 bits per heavy atom. The smallest absolute Gasteiger partial charge is 0.490 e. The molecule has 52 heavy (non-hydrogen) atoms. The lowest BCUT2D eigenvalue weighted by Crippen LogP contribution is -2.48. The summed E-state index contributed by atoms with van der Waals surface area (Å²) in [5, 5.41) is 22.4. The second-order valence-electron chi connectivity index (χ2n) is 12.5. The highest BCUT2D eigenvalue weighted by molar-refractivity contribution is 5.94. The summed E-state index contributed by atoms with van der Waals surface area (Å²) in [6.07, 6.45) is -10.3. The van der Waals surface area contributed by atoms with E-state index in [2.05, 4.69) is 61.6 Å². The van der Waals surface area contributed by atoms with Crippen LogP contribution in [0, 0.1) is 5.82 Å². The summed E-state index contributed by atoms with van der Waals surface area (Å²) >= 11 is 0. The number of piperazine rings is 1. The highest BCUT2D eigenvalue weighted by Gasteiger charge is 2.38. The molecule has 1 amide bonds. The second-order valence-corrected chi connectivity index (χ2v) is 12.5. The number of carboxylic acid groups (broad SMARTS) is 2. The van der Waals surface area contributed by atoms with E-state index in [1.165, 1.54) is 11.6 Å². The number of hydrogen-bond donors (Lipinski definition) is 3. The molecular formula is C36H43F7N4O5. The van der Waals surface area contributed by atoms with Crippen molar-refractivity contribution in [2.45, 2.75) is 58.8 Å². The number of nitrogens with one attached hydrogen (secondary N) is 2. The van der Waals surface area contributed by atoms with Crippen molar-refractivity contribution >= 4 is 17.8 Å². The lowest BCUT2D eigenvalue weighted by Gasteiger charge is -2.32. The summed E-state index contributed by atoms with van der Waals surface area (Å²) in [5.74, 6) is -6.14. The molecule has 1 fully saturated rings. The Labute approximate surface area is 297 Å². The molecule has 9 nitrogen and oxygen atoms in total. The lowest BCUT2D eigenvalue weighted by atomic mass is 10.00. The van der Waals surface area contributed by atoms with Gasteiger partial charge in [0.2, 0.25) is 0 Å². The summed E-state index contributed by atoms with van der Waals surface area (Å²) in [6, 6.07) is 21.6. The van der Waals surface area contributed by atoms with E-state index in [0.29, 0.717) is 23.7 Å². The van der Waals surface area contributed by atoms with Gasteiger partial charge in [-0.2, -0.15) is 26.3 Å². The highest BCUT2D eigenvalue weighted by Crippen LogP contribution is 2.26. The van der Waals surface area contributed by atoms with Gasteiger partial charge in [-0.05, 0) is 67.8 Å². The summed E-state index contributed by atoms with van der Waals surface area (Å²) < 4.78 is 79.1. The van der Waals surface area contributed by atoms with Crippen molar-refractivity contribution in [1.29, 1.82) is 0 Å². The predicted octanol–water partition coefficient (Wildman–Crippen LogP) is 5.13. The fraction of sp³-hybridized carbons (Fsp3) is 0.417. The Balaban J connectivity index is 0.000000564. The van der Waals surface area contributed by atoms with Crippen LogP contribution in [0.3, 0.4) is 0 Å². The van der Waals surface area contributed by atoms with Gasteiger partial charge in [-0.3, -0.25) is 9.69 Å². The molecule has 0 aliphatic carbocycles. The van der Waals surface area contributed by atoms with Crippen molar-refractivity contribution in [3.05, 3.63) is 94.8 Å². The Kier molecular flexibility index (Phi) is 16.2. The molecule has 0 radical (unpaired) electrons. The van der Waals surface area contributed by atoms with E-state index in [4.69, 9.17) is 19.8 Å². The van der Waals surface area contributed by atoms with Crippen LogP contribution in [0.1, 0.15) is 47.8 Å². The normalized spacial score (nSPS) is 15.0. The van der Waals surface area contributed by atoms with E-state index in [9.17, 15) is 35.5 Å². The molecule has 1 heterocycles. The van der Waals surface area contributed by atoms with E-state index < -0.39 is 24.3 Å². The number of alkyl halides is 6. The number of quaternary nitrogens is 1. The van der Waals surface area contributed by atoms with Crippen LogP contribution in [0.25, 0.3) is 11.1 Å². The topological polar surface area (TPSA) is 122 Å². The molecule has 286 valence electrons. The molecule has 1 atom stereocenters. The van der Waals surface area contributed by atoms with Crippen LogP contribution in [0.15, 0.2) is 66.7 Å². The van der Waals surface area contributed by atoms with E-state index >= 15 is 0 Å². The van der Waals surface area contributed by atoms with Crippen LogP contribution in [0.5, 0.6) is 0 Å². The quantitative estimate of drug-likeness (QED) is 0.195. The van der Waals surface area contributed by atoms with E-state index in [0.717, 1.165) is 67.0 Å². The molecule has 16 heteroatoms. The zero-order valence-corrected chi connectivity index (χ0v) is 29.2. The van der Waals surface area contributed by atoms with Gasteiger partial charge in [0.25, 0.3) is 5.91 Å². The molecule has 0 spiro atoms. The SMILES string of the molecule is CC[N+](C)(CC)Cc1cccc(C(=O)NCc2ccc(F)c(-c3cccc(CN4CCN[C@@H](C)C4)c3)c2)c1.O=C(O)C(F)(F)F.O=C([O-])C(F)(F)F. The Morgan fingerprint density at radius 3 is 2.08 bits per heavy atom. The molecule has 3 aromatic carbocycles. The first-order valence-electron chi connectivity index (χ1n) is 16.3. The molecule has 0 bridgehead atoms. The first-order valence-corrected chi connectivity index (χ1v) is 16.3. The van der Waals surface area contributed by atoms with Gasteiger partial charge in [-0.1, -0.05) is 36.4 Å². The van der Waals surface area contributed by atoms with Gasteiger partial charge in [-0.25, -0.2) is 9.18 Å². The van der Waals surface area contributed by atoms with Crippen LogP contribution < -0.4 is 15.7 Å². The first kappa shape index (κ1) is 43.6. The van der Waals surface area contributed by atoms with Crippen LogP contribution in [-0.2, 0) is 29.2 Å². The van der Waals surface area contributed by atoms with Gasteiger partial charge in [0.15, 0.2) is 0 Å². The lowest BCUT2D eigenvalue weighted by molar-refractivity contribution is -0.919. The average Bonchev–Trinajstić information content (AvgIpc) is 3.07. The average molecular weight is 745 g/mol. The third-order valence-corrected chi connectivity index (χ3v) is 8.34. The molecule has 1 aliphatic rings. The largest absolute Gasteiger partial charge is 0.542 e. The summed E-state index contributed by atoms with van der Waals surface area (Å²) in [6.45, 7) is 13.8. The molecule has 1 aliphatic heterocycles. The minimum atomic E-state index is -5.19. The maximum Gasteiger partial charge on any atom is 0.490 e. The third-order valence-electron chi connectivity index (χ3n) is 8.34. The molecular weight excluding hydrogens is 701 g/mol. The monoisotopic (exact) mass is 744 g/mol. The summed E-state index contributed by atoms with van der Waals surface area (Å²) in [5.41, 5.74) is 5.27. The number of halogens is 7. The summed E-state index contributed by atoms with van der Waals surface area (Å²) in [7, 11) is 2.24. The Hall–Kier alpha value is -4.54. The van der Waals surface area contributed by atoms with Gasteiger partial charge in [0, 0.05) is 55.5 Å².